The molecule has 18 heavy (non-hydrogen) atoms. The van der Waals surface area contributed by atoms with Gasteiger partial charge in [-0.05, 0) is 34.5 Å². The Balaban J connectivity index is 2.52. The average molecular weight is 237 g/mol. The lowest BCUT2D eigenvalue weighted by Crippen LogP contribution is -1.93. The zero-order chi connectivity index (χ0) is 13.0. The lowest BCUT2D eigenvalue weighted by Gasteiger charge is -2.02. The maximum absolute atomic E-state index is 11.1. The Hall–Kier alpha value is -2.60. The largest absolute Gasteiger partial charge is 0.466 e. The third kappa shape index (κ3) is 2.38. The van der Waals surface area contributed by atoms with Crippen molar-refractivity contribution in [1.82, 2.24) is 0 Å². The first-order valence-corrected chi connectivity index (χ1v) is 5.43. The molecular weight excluding hydrogens is 226 g/mol. The molecule has 0 heterocycles. The van der Waals surface area contributed by atoms with Gasteiger partial charge in [0.25, 0.3) is 0 Å². The van der Waals surface area contributed by atoms with Crippen LogP contribution in [0.4, 0.5) is 0 Å². The van der Waals surface area contributed by atoms with Crippen molar-refractivity contribution in [1.29, 1.82) is 5.26 Å². The quantitative estimate of drug-likeness (QED) is 0.596. The molecule has 0 aromatic heterocycles. The van der Waals surface area contributed by atoms with Gasteiger partial charge >= 0.3 is 5.97 Å². The van der Waals surface area contributed by atoms with Gasteiger partial charge in [-0.15, -0.1) is 0 Å². The van der Waals surface area contributed by atoms with E-state index in [1.807, 2.05) is 36.4 Å². The molecule has 0 bridgehead atoms. The van der Waals surface area contributed by atoms with Crippen LogP contribution in [0.2, 0.25) is 0 Å². The molecule has 0 radical (unpaired) electrons. The van der Waals surface area contributed by atoms with Gasteiger partial charge in [0.05, 0.1) is 18.7 Å². The highest BCUT2D eigenvalue weighted by atomic mass is 16.5. The van der Waals surface area contributed by atoms with E-state index in [0.29, 0.717) is 11.1 Å². The molecule has 0 amide bonds. The van der Waals surface area contributed by atoms with Crippen LogP contribution in [-0.4, -0.2) is 13.1 Å². The standard InChI is InChI=1S/C15H11NO2/c1-18-15(17)7-6-13-8-11-4-2-3-5-12(11)9-14(13)10-16/h2-9H,1H3/b7-6+. The maximum atomic E-state index is 11.1. The summed E-state index contributed by atoms with van der Waals surface area (Å²) in [4.78, 5) is 11.1. The summed E-state index contributed by atoms with van der Waals surface area (Å²) in [7, 11) is 1.32. The van der Waals surface area contributed by atoms with Crippen molar-refractivity contribution in [3.05, 3.63) is 53.6 Å². The van der Waals surface area contributed by atoms with Gasteiger partial charge in [-0.1, -0.05) is 24.3 Å². The van der Waals surface area contributed by atoms with Crippen molar-refractivity contribution in [3.63, 3.8) is 0 Å². The van der Waals surface area contributed by atoms with Gasteiger partial charge < -0.3 is 4.74 Å². The number of benzene rings is 2. The fourth-order valence-electron chi connectivity index (χ4n) is 1.72. The number of rotatable bonds is 2. The first-order valence-electron chi connectivity index (χ1n) is 5.43. The maximum Gasteiger partial charge on any atom is 0.330 e. The summed E-state index contributed by atoms with van der Waals surface area (Å²) in [5.74, 6) is -0.438. The van der Waals surface area contributed by atoms with Crippen LogP contribution < -0.4 is 0 Å². The van der Waals surface area contributed by atoms with Gasteiger partial charge in [0.15, 0.2) is 0 Å². The van der Waals surface area contributed by atoms with Crippen LogP contribution in [0, 0.1) is 11.3 Å². The third-order valence-electron chi connectivity index (χ3n) is 2.64. The predicted molar refractivity (Wildman–Crippen MR) is 69.7 cm³/mol. The van der Waals surface area contributed by atoms with Crippen LogP contribution in [0.1, 0.15) is 11.1 Å². The van der Waals surface area contributed by atoms with E-state index >= 15 is 0 Å². The fraction of sp³-hybridized carbons (Fsp3) is 0.0667. The molecule has 0 fully saturated rings. The van der Waals surface area contributed by atoms with E-state index in [-0.39, 0.29) is 0 Å². The molecular formula is C15H11NO2. The second-order valence-corrected chi connectivity index (χ2v) is 3.75. The number of methoxy groups -OCH3 is 1. The molecule has 0 N–H and O–H groups in total. The third-order valence-corrected chi connectivity index (χ3v) is 2.64. The molecule has 88 valence electrons. The van der Waals surface area contributed by atoms with Crippen LogP contribution in [0.5, 0.6) is 0 Å². The van der Waals surface area contributed by atoms with E-state index < -0.39 is 5.97 Å². The molecule has 0 saturated carbocycles. The zero-order valence-corrected chi connectivity index (χ0v) is 9.88. The monoisotopic (exact) mass is 237 g/mol. The summed E-state index contributed by atoms with van der Waals surface area (Å²) in [6, 6.07) is 13.6. The molecule has 0 unspecified atom stereocenters. The summed E-state index contributed by atoms with van der Waals surface area (Å²) in [6.45, 7) is 0. The zero-order valence-electron chi connectivity index (χ0n) is 9.88. The van der Waals surface area contributed by atoms with E-state index in [1.165, 1.54) is 13.2 Å². The minimum atomic E-state index is -0.438. The van der Waals surface area contributed by atoms with E-state index in [4.69, 9.17) is 5.26 Å². The van der Waals surface area contributed by atoms with E-state index in [2.05, 4.69) is 10.8 Å². The van der Waals surface area contributed by atoms with Gasteiger partial charge in [-0.2, -0.15) is 5.26 Å². The highest BCUT2D eigenvalue weighted by Gasteiger charge is 2.02. The van der Waals surface area contributed by atoms with Crippen LogP contribution in [-0.2, 0) is 9.53 Å². The number of nitriles is 1. The predicted octanol–water partition coefficient (Wildman–Crippen LogP) is 2.90. The molecule has 0 aliphatic rings. The van der Waals surface area contributed by atoms with Crippen molar-refractivity contribution in [2.75, 3.05) is 7.11 Å². The molecule has 0 spiro atoms. The summed E-state index contributed by atoms with van der Waals surface area (Å²) in [6.07, 6.45) is 2.90. The summed E-state index contributed by atoms with van der Waals surface area (Å²) in [5.41, 5.74) is 1.25. The van der Waals surface area contributed by atoms with Crippen LogP contribution >= 0.6 is 0 Å². The first kappa shape index (κ1) is 11.9. The van der Waals surface area contributed by atoms with Gasteiger partial charge in [0.2, 0.25) is 0 Å². The number of carbonyl (C=O) groups is 1. The van der Waals surface area contributed by atoms with Gasteiger partial charge in [-0.25, -0.2) is 4.79 Å². The topological polar surface area (TPSA) is 50.1 Å². The highest BCUT2D eigenvalue weighted by Crippen LogP contribution is 2.20. The normalized spacial score (nSPS) is 10.4. The Kier molecular flexibility index (Phi) is 3.40. The molecule has 2 aromatic rings. The molecule has 2 rings (SSSR count). The second kappa shape index (κ2) is 5.15. The number of nitrogens with zero attached hydrogens (tertiary/aromatic N) is 1. The van der Waals surface area contributed by atoms with E-state index in [9.17, 15) is 4.79 Å². The first-order chi connectivity index (χ1) is 8.74. The second-order valence-electron chi connectivity index (χ2n) is 3.75. The van der Waals surface area contributed by atoms with Crippen molar-refractivity contribution in [2.45, 2.75) is 0 Å². The highest BCUT2D eigenvalue weighted by molar-refractivity contribution is 5.91. The number of fused-ring (bicyclic) bond motifs is 1. The number of hydrogen-bond acceptors (Lipinski definition) is 3. The van der Waals surface area contributed by atoms with Crippen LogP contribution in [0.3, 0.4) is 0 Å². The minimum absolute atomic E-state index is 0.438. The lowest BCUT2D eigenvalue weighted by molar-refractivity contribution is -0.134. The van der Waals surface area contributed by atoms with Gasteiger partial charge in [0.1, 0.15) is 0 Å². The molecule has 0 saturated heterocycles. The summed E-state index contributed by atoms with van der Waals surface area (Å²) >= 11 is 0. The molecule has 0 aliphatic heterocycles. The van der Waals surface area contributed by atoms with Crippen LogP contribution in [0.15, 0.2) is 42.5 Å². The number of ether oxygens (including phenoxy) is 1. The smallest absolute Gasteiger partial charge is 0.330 e. The van der Waals surface area contributed by atoms with Crippen molar-refractivity contribution in [2.24, 2.45) is 0 Å². The average Bonchev–Trinajstić information content (AvgIpc) is 2.43. The Morgan fingerprint density at radius 2 is 1.94 bits per heavy atom. The summed E-state index contributed by atoms with van der Waals surface area (Å²) < 4.78 is 4.52. The van der Waals surface area contributed by atoms with E-state index in [1.54, 1.807) is 6.08 Å². The molecule has 0 atom stereocenters. The van der Waals surface area contributed by atoms with E-state index in [0.717, 1.165) is 10.8 Å². The number of hydrogen-bond donors (Lipinski definition) is 0. The van der Waals surface area contributed by atoms with Crippen LogP contribution in [0.25, 0.3) is 16.8 Å². The SMILES string of the molecule is COC(=O)/C=C/c1cc2ccccc2cc1C#N. The molecule has 0 aliphatic carbocycles. The Bertz CT molecular complexity index is 666. The van der Waals surface area contributed by atoms with Gasteiger partial charge in [0, 0.05) is 6.08 Å². The van der Waals surface area contributed by atoms with Crippen molar-refractivity contribution in [3.8, 4) is 6.07 Å². The van der Waals surface area contributed by atoms with Crippen molar-refractivity contribution < 1.29 is 9.53 Å². The number of carbonyl (C=O) groups excluding carboxylic acids is 1. The minimum Gasteiger partial charge on any atom is -0.466 e. The fourth-order valence-corrected chi connectivity index (χ4v) is 1.72. The Labute approximate surface area is 105 Å². The van der Waals surface area contributed by atoms with Gasteiger partial charge in [-0.3, -0.25) is 0 Å². The Morgan fingerprint density at radius 3 is 2.56 bits per heavy atom. The lowest BCUT2D eigenvalue weighted by atomic mass is 10.0. The van der Waals surface area contributed by atoms with Crippen molar-refractivity contribution >= 4 is 22.8 Å². The number of esters is 1. The molecule has 3 nitrogen and oxygen atoms in total. The Morgan fingerprint density at radius 1 is 1.28 bits per heavy atom. The molecule has 2 aromatic carbocycles. The summed E-state index contributed by atoms with van der Waals surface area (Å²) in [5, 5.41) is 11.1. The molecule has 3 heteroatoms.